The molecule has 2 aromatic rings. The fourth-order valence-electron chi connectivity index (χ4n) is 3.72. The molecule has 0 fully saturated rings. The maximum Gasteiger partial charge on any atom is 0.265 e. The average molecular weight is 421 g/mol. The Labute approximate surface area is 179 Å². The lowest BCUT2D eigenvalue weighted by Gasteiger charge is -2.29. The molecule has 0 aromatic heterocycles. The number of benzene rings is 2. The van der Waals surface area contributed by atoms with Gasteiger partial charge < -0.3 is 15.0 Å². The highest BCUT2D eigenvalue weighted by molar-refractivity contribution is 6.21. The molecule has 8 nitrogen and oxygen atoms in total. The summed E-state index contributed by atoms with van der Waals surface area (Å²) < 4.78 is 5.49. The number of hydrogen-bond acceptors (Lipinski definition) is 5. The molecule has 0 bridgehead atoms. The van der Waals surface area contributed by atoms with Gasteiger partial charge in [0, 0.05) is 25.2 Å². The number of fused-ring (bicyclic) bond motifs is 2. The molecule has 4 rings (SSSR count). The lowest BCUT2D eigenvalue weighted by molar-refractivity contribution is -0.121. The summed E-state index contributed by atoms with van der Waals surface area (Å²) in [4.78, 5) is 52.3. The molecule has 8 heteroatoms. The Morgan fingerprint density at radius 3 is 2.39 bits per heavy atom. The number of rotatable bonds is 7. The van der Waals surface area contributed by atoms with Crippen molar-refractivity contribution in [3.05, 3.63) is 53.6 Å². The number of nitrogens with zero attached hydrogens (tertiary/aromatic N) is 2. The van der Waals surface area contributed by atoms with Crippen LogP contribution in [-0.2, 0) is 9.59 Å². The Bertz CT molecular complexity index is 1030. The number of amides is 4. The number of imide groups is 1. The van der Waals surface area contributed by atoms with E-state index in [-0.39, 0.29) is 43.2 Å². The number of ether oxygens (including phenoxy) is 1. The molecule has 0 radical (unpaired) electrons. The van der Waals surface area contributed by atoms with Gasteiger partial charge in [0.2, 0.25) is 5.91 Å². The third-order valence-electron chi connectivity index (χ3n) is 5.36. The number of unbranched alkanes of at least 4 members (excludes halogenated alkanes) is 1. The van der Waals surface area contributed by atoms with Crippen LogP contribution in [0.2, 0.25) is 0 Å². The van der Waals surface area contributed by atoms with Crippen LogP contribution in [0.1, 0.15) is 46.9 Å². The third kappa shape index (κ3) is 4.01. The molecule has 0 spiro atoms. The Morgan fingerprint density at radius 1 is 1.00 bits per heavy atom. The molecule has 0 atom stereocenters. The van der Waals surface area contributed by atoms with Crippen LogP contribution in [0.25, 0.3) is 0 Å². The molecule has 0 aliphatic carbocycles. The highest BCUT2D eigenvalue weighted by atomic mass is 16.5. The van der Waals surface area contributed by atoms with E-state index in [0.717, 1.165) is 17.7 Å². The maximum absolute atomic E-state index is 12.5. The zero-order chi connectivity index (χ0) is 22.0. The molecule has 2 heterocycles. The summed E-state index contributed by atoms with van der Waals surface area (Å²) in [5.41, 5.74) is 1.87. The van der Waals surface area contributed by atoms with Crippen LogP contribution in [0.5, 0.6) is 5.75 Å². The maximum atomic E-state index is 12.5. The van der Waals surface area contributed by atoms with Gasteiger partial charge in [-0.25, -0.2) is 0 Å². The number of carbonyl (C=O) groups excluding carboxylic acids is 4. The molecule has 0 unspecified atom stereocenters. The number of carbonyl (C=O) groups is 4. The predicted octanol–water partition coefficient (Wildman–Crippen LogP) is 2.84. The van der Waals surface area contributed by atoms with E-state index in [9.17, 15) is 19.2 Å². The topological polar surface area (TPSA) is 96.0 Å². The van der Waals surface area contributed by atoms with Gasteiger partial charge in [0.15, 0.2) is 6.61 Å². The highest BCUT2D eigenvalue weighted by Crippen LogP contribution is 2.35. The summed E-state index contributed by atoms with van der Waals surface area (Å²) in [6.07, 6.45) is 1.79. The summed E-state index contributed by atoms with van der Waals surface area (Å²) in [6, 6.07) is 11.8. The molecule has 0 saturated heterocycles. The van der Waals surface area contributed by atoms with E-state index < -0.39 is 0 Å². The second-order valence-corrected chi connectivity index (χ2v) is 7.48. The largest absolute Gasteiger partial charge is 0.482 e. The van der Waals surface area contributed by atoms with Gasteiger partial charge in [-0.05, 0) is 36.8 Å². The first-order valence-electron chi connectivity index (χ1n) is 10.3. The predicted molar refractivity (Wildman–Crippen MR) is 114 cm³/mol. The second-order valence-electron chi connectivity index (χ2n) is 7.48. The second kappa shape index (κ2) is 8.59. The van der Waals surface area contributed by atoms with Crippen LogP contribution >= 0.6 is 0 Å². The van der Waals surface area contributed by atoms with Crippen LogP contribution in [0.4, 0.5) is 11.4 Å². The van der Waals surface area contributed by atoms with Gasteiger partial charge in [0.05, 0.1) is 16.8 Å². The van der Waals surface area contributed by atoms with E-state index in [0.29, 0.717) is 34.8 Å². The fourth-order valence-corrected chi connectivity index (χ4v) is 3.72. The Balaban J connectivity index is 1.41. The SMILES string of the molecule is CCCCN1C(=O)COc2ccc(NC(=O)CCN3C(=O)c4ccccc4C3=O)cc21. The van der Waals surface area contributed by atoms with Crippen molar-refractivity contribution >= 4 is 35.0 Å². The van der Waals surface area contributed by atoms with Crippen LogP contribution < -0.4 is 15.0 Å². The van der Waals surface area contributed by atoms with Crippen LogP contribution in [0.3, 0.4) is 0 Å². The van der Waals surface area contributed by atoms with Gasteiger partial charge >= 0.3 is 0 Å². The van der Waals surface area contributed by atoms with Crippen molar-refractivity contribution in [1.82, 2.24) is 4.90 Å². The Morgan fingerprint density at radius 2 is 1.71 bits per heavy atom. The highest BCUT2D eigenvalue weighted by Gasteiger charge is 2.35. The molecule has 1 N–H and O–H groups in total. The number of anilines is 2. The van der Waals surface area contributed by atoms with Crippen molar-refractivity contribution in [3.63, 3.8) is 0 Å². The van der Waals surface area contributed by atoms with Crippen molar-refractivity contribution < 1.29 is 23.9 Å². The monoisotopic (exact) mass is 421 g/mol. The van der Waals surface area contributed by atoms with Gasteiger partial charge in [-0.3, -0.25) is 24.1 Å². The zero-order valence-corrected chi connectivity index (χ0v) is 17.2. The van der Waals surface area contributed by atoms with Crippen molar-refractivity contribution in [2.24, 2.45) is 0 Å². The molecule has 2 aliphatic heterocycles. The minimum atomic E-state index is -0.385. The molecular weight excluding hydrogens is 398 g/mol. The van der Waals surface area contributed by atoms with E-state index in [4.69, 9.17) is 4.74 Å². The normalized spacial score (nSPS) is 14.9. The van der Waals surface area contributed by atoms with Gasteiger partial charge in [0.1, 0.15) is 5.75 Å². The van der Waals surface area contributed by atoms with Crippen LogP contribution in [-0.4, -0.2) is 48.2 Å². The van der Waals surface area contributed by atoms with E-state index in [1.807, 2.05) is 0 Å². The summed E-state index contributed by atoms with van der Waals surface area (Å²) >= 11 is 0. The minimum Gasteiger partial charge on any atom is -0.482 e. The van der Waals surface area contributed by atoms with Gasteiger partial charge in [-0.15, -0.1) is 0 Å². The van der Waals surface area contributed by atoms with Crippen LogP contribution in [0.15, 0.2) is 42.5 Å². The molecule has 2 aromatic carbocycles. The van der Waals surface area contributed by atoms with Crippen LogP contribution in [0, 0.1) is 0 Å². The summed E-state index contributed by atoms with van der Waals surface area (Å²) in [6.45, 7) is 2.63. The van der Waals surface area contributed by atoms with Gasteiger partial charge in [0.25, 0.3) is 17.7 Å². The number of nitrogens with one attached hydrogen (secondary N) is 1. The third-order valence-corrected chi connectivity index (χ3v) is 5.36. The molecule has 0 saturated carbocycles. The minimum absolute atomic E-state index is 0.00268. The quantitative estimate of drug-likeness (QED) is 0.694. The van der Waals surface area contributed by atoms with Gasteiger partial charge in [-0.1, -0.05) is 25.5 Å². The Kier molecular flexibility index (Phi) is 5.70. The zero-order valence-electron chi connectivity index (χ0n) is 17.2. The molecule has 2 aliphatic rings. The lowest BCUT2D eigenvalue weighted by Crippen LogP contribution is -2.39. The summed E-state index contributed by atoms with van der Waals surface area (Å²) in [5.74, 6) is -0.622. The van der Waals surface area contributed by atoms with E-state index >= 15 is 0 Å². The van der Waals surface area contributed by atoms with E-state index in [2.05, 4.69) is 12.2 Å². The Hall–Kier alpha value is -3.68. The molecular formula is C23H23N3O5. The van der Waals surface area contributed by atoms with Crippen molar-refractivity contribution in [3.8, 4) is 5.75 Å². The van der Waals surface area contributed by atoms with E-state index in [1.165, 1.54) is 0 Å². The number of hydrogen-bond donors (Lipinski definition) is 1. The first-order chi connectivity index (χ1) is 15.0. The average Bonchev–Trinajstić information content (AvgIpc) is 3.01. The first kappa shape index (κ1) is 20.6. The molecule has 160 valence electrons. The van der Waals surface area contributed by atoms with Crippen molar-refractivity contribution in [2.75, 3.05) is 29.9 Å². The molecule has 31 heavy (non-hydrogen) atoms. The summed E-state index contributed by atoms with van der Waals surface area (Å²) in [7, 11) is 0. The smallest absolute Gasteiger partial charge is 0.265 e. The molecule has 4 amide bonds. The van der Waals surface area contributed by atoms with Crippen molar-refractivity contribution in [2.45, 2.75) is 26.2 Å². The first-order valence-corrected chi connectivity index (χ1v) is 10.3. The van der Waals surface area contributed by atoms with E-state index in [1.54, 1.807) is 47.4 Å². The van der Waals surface area contributed by atoms with Crippen molar-refractivity contribution in [1.29, 1.82) is 0 Å². The lowest BCUT2D eigenvalue weighted by atomic mass is 10.1. The fraction of sp³-hybridized carbons (Fsp3) is 0.304. The van der Waals surface area contributed by atoms with Gasteiger partial charge in [-0.2, -0.15) is 0 Å². The standard InChI is InChI=1S/C23H23N3O5/c1-2-3-11-25-18-13-15(8-9-19(18)31-14-21(25)28)24-20(27)10-12-26-22(29)16-6-4-5-7-17(16)23(26)30/h4-9,13H,2-3,10-12,14H2,1H3,(H,24,27). The summed E-state index contributed by atoms with van der Waals surface area (Å²) in [5, 5.41) is 2.78.